The Hall–Kier alpha value is -3.61. The molecule has 0 fully saturated rings. The predicted molar refractivity (Wildman–Crippen MR) is 101 cm³/mol. The fourth-order valence-electron chi connectivity index (χ4n) is 2.63. The van der Waals surface area contributed by atoms with Crippen LogP contribution in [-0.2, 0) is 7.05 Å². The van der Waals surface area contributed by atoms with Crippen LogP contribution in [0.5, 0.6) is 0 Å². The summed E-state index contributed by atoms with van der Waals surface area (Å²) in [6.07, 6.45) is 3.23. The minimum Gasteiger partial charge on any atom is -0.331 e. The van der Waals surface area contributed by atoms with Gasteiger partial charge in [0, 0.05) is 24.2 Å². The molecule has 2 aromatic carbocycles. The van der Waals surface area contributed by atoms with Gasteiger partial charge in [-0.15, -0.1) is 0 Å². The molecule has 0 saturated carbocycles. The van der Waals surface area contributed by atoms with E-state index < -0.39 is 41.5 Å². The van der Waals surface area contributed by atoms with E-state index >= 15 is 0 Å². The first kappa shape index (κ1) is 12.7. The summed E-state index contributed by atoms with van der Waals surface area (Å²) >= 11 is 0. The molecule has 4 rings (SSSR count). The number of amides is 1. The van der Waals surface area contributed by atoms with Crippen molar-refractivity contribution in [2.45, 2.75) is 6.92 Å². The summed E-state index contributed by atoms with van der Waals surface area (Å²) in [6.45, 7) is 1.89. The highest BCUT2D eigenvalue weighted by Crippen LogP contribution is 2.24. The van der Waals surface area contributed by atoms with Gasteiger partial charge in [0.15, 0.2) is 0 Å². The maximum atomic E-state index is 14.4. The smallest absolute Gasteiger partial charge is 0.260 e. The van der Waals surface area contributed by atoms with Crippen LogP contribution in [0.4, 0.5) is 10.3 Å². The number of carbonyl (C=O) groups is 1. The van der Waals surface area contributed by atoms with Gasteiger partial charge in [-0.05, 0) is 25.1 Å². The van der Waals surface area contributed by atoms with E-state index in [1.807, 2.05) is 30.7 Å². The first-order chi connectivity index (χ1) is 14.7. The van der Waals surface area contributed by atoms with Crippen molar-refractivity contribution in [3.8, 4) is 11.3 Å². The number of nitrogens with zero attached hydrogens (tertiary/aromatic N) is 4. The van der Waals surface area contributed by atoms with Crippen LogP contribution < -0.4 is 5.32 Å². The Bertz CT molecular complexity index is 1340. The van der Waals surface area contributed by atoms with Gasteiger partial charge in [0.05, 0.1) is 28.5 Å². The normalized spacial score (nSPS) is 13.0. The molecule has 0 radical (unpaired) electrons. The summed E-state index contributed by atoms with van der Waals surface area (Å²) in [7, 11) is 1.89. The van der Waals surface area contributed by atoms with Gasteiger partial charge < -0.3 is 4.57 Å². The average Bonchev–Trinajstić information content (AvgIpc) is 3.09. The summed E-state index contributed by atoms with van der Waals surface area (Å²) in [6, 6.07) is 2.39. The Morgan fingerprint density at radius 2 is 2.04 bits per heavy atom. The molecule has 0 unspecified atom stereocenters. The van der Waals surface area contributed by atoms with Gasteiger partial charge in [-0.25, -0.2) is 19.3 Å². The number of aryl methyl sites for hydroxylation is 1. The SMILES string of the molecule is [2H]c1c([2H])c([2H])c(C(=O)Nc2ncc3ccc(-c4cnc(C)n4C)cc3n2)c(F)c1[2H]. The van der Waals surface area contributed by atoms with Crippen molar-refractivity contribution in [1.29, 1.82) is 0 Å². The van der Waals surface area contributed by atoms with Gasteiger partial charge in [0.1, 0.15) is 11.6 Å². The zero-order chi connectivity index (χ0) is 22.4. The predicted octanol–water partition coefficient (Wildman–Crippen LogP) is 3.73. The number of carbonyl (C=O) groups excluding carboxylic acids is 1. The minimum atomic E-state index is -1.34. The van der Waals surface area contributed by atoms with Gasteiger partial charge in [-0.3, -0.25) is 10.1 Å². The number of fused-ring (bicyclic) bond motifs is 1. The monoisotopic (exact) mass is 365 g/mol. The first-order valence-corrected chi connectivity index (χ1v) is 8.01. The Kier molecular flexibility index (Phi) is 3.10. The van der Waals surface area contributed by atoms with Crippen LogP contribution >= 0.6 is 0 Å². The van der Waals surface area contributed by atoms with Gasteiger partial charge in [-0.2, -0.15) is 0 Å². The molecule has 0 bridgehead atoms. The van der Waals surface area contributed by atoms with Crippen molar-refractivity contribution in [1.82, 2.24) is 19.5 Å². The number of benzene rings is 2. The second kappa shape index (κ2) is 6.60. The van der Waals surface area contributed by atoms with Gasteiger partial charge in [0.2, 0.25) is 5.95 Å². The molecule has 1 N–H and O–H groups in total. The Morgan fingerprint density at radius 1 is 1.22 bits per heavy atom. The number of rotatable bonds is 3. The Morgan fingerprint density at radius 3 is 2.81 bits per heavy atom. The van der Waals surface area contributed by atoms with E-state index in [0.29, 0.717) is 10.9 Å². The number of nitrogens with one attached hydrogen (secondary N) is 1. The summed E-state index contributed by atoms with van der Waals surface area (Å²) in [4.78, 5) is 25.2. The molecule has 1 amide bonds. The van der Waals surface area contributed by atoms with Crippen molar-refractivity contribution < 1.29 is 14.7 Å². The molecule has 0 aliphatic heterocycles. The molecular weight excluding hydrogens is 345 g/mol. The lowest BCUT2D eigenvalue weighted by atomic mass is 10.1. The van der Waals surface area contributed by atoms with Crippen LogP contribution in [0.3, 0.4) is 0 Å². The highest BCUT2D eigenvalue weighted by molar-refractivity contribution is 6.03. The summed E-state index contributed by atoms with van der Waals surface area (Å²) in [5, 5.41) is 3.03. The van der Waals surface area contributed by atoms with E-state index in [9.17, 15) is 9.18 Å². The number of hydrogen-bond acceptors (Lipinski definition) is 4. The lowest BCUT2D eigenvalue weighted by Gasteiger charge is -2.08. The number of halogens is 1. The minimum absolute atomic E-state index is 0.123. The molecule has 0 saturated heterocycles. The van der Waals surface area contributed by atoms with Crippen molar-refractivity contribution in [3.63, 3.8) is 0 Å². The maximum Gasteiger partial charge on any atom is 0.260 e. The van der Waals surface area contributed by atoms with E-state index in [4.69, 9.17) is 5.48 Å². The molecule has 0 aliphatic rings. The molecular formula is C20H16FN5O. The molecule has 4 aromatic rings. The van der Waals surface area contributed by atoms with Crippen LogP contribution in [0.2, 0.25) is 0 Å². The van der Waals surface area contributed by atoms with E-state index in [2.05, 4.69) is 20.3 Å². The van der Waals surface area contributed by atoms with Gasteiger partial charge in [-0.1, -0.05) is 24.2 Å². The van der Waals surface area contributed by atoms with E-state index in [1.165, 1.54) is 6.20 Å². The van der Waals surface area contributed by atoms with Crippen LogP contribution in [0.15, 0.2) is 54.8 Å². The molecule has 2 heterocycles. The van der Waals surface area contributed by atoms with Crippen LogP contribution in [-0.4, -0.2) is 25.4 Å². The number of imidazole rings is 1. The first-order valence-electron chi connectivity index (χ1n) is 10.0. The molecule has 134 valence electrons. The number of hydrogen-bond donors (Lipinski definition) is 1. The fourth-order valence-corrected chi connectivity index (χ4v) is 2.63. The van der Waals surface area contributed by atoms with E-state index in [-0.39, 0.29) is 5.95 Å². The van der Waals surface area contributed by atoms with Crippen molar-refractivity contribution in [2.75, 3.05) is 5.32 Å². The summed E-state index contributed by atoms with van der Waals surface area (Å²) in [5.41, 5.74) is 1.46. The van der Waals surface area contributed by atoms with Gasteiger partial charge >= 0.3 is 0 Å². The molecule has 7 heteroatoms. The molecule has 6 nitrogen and oxygen atoms in total. The second-order valence-electron chi connectivity index (χ2n) is 5.86. The van der Waals surface area contributed by atoms with Crippen molar-refractivity contribution in [2.24, 2.45) is 7.05 Å². The van der Waals surface area contributed by atoms with Crippen molar-refractivity contribution in [3.05, 3.63) is 72.0 Å². The lowest BCUT2D eigenvalue weighted by molar-refractivity contribution is 0.102. The third kappa shape index (κ3) is 3.15. The zero-order valence-electron chi connectivity index (χ0n) is 18.5. The number of aromatic nitrogens is 4. The van der Waals surface area contributed by atoms with Gasteiger partial charge in [0.25, 0.3) is 5.91 Å². The van der Waals surface area contributed by atoms with Crippen LogP contribution in [0.1, 0.15) is 21.7 Å². The van der Waals surface area contributed by atoms with Crippen LogP contribution in [0.25, 0.3) is 22.2 Å². The van der Waals surface area contributed by atoms with Crippen LogP contribution in [0, 0.1) is 12.7 Å². The molecule has 0 aliphatic carbocycles. The average molecular weight is 365 g/mol. The fraction of sp³-hybridized carbons (Fsp3) is 0.100. The quantitative estimate of drug-likeness (QED) is 0.600. The topological polar surface area (TPSA) is 72.7 Å². The lowest BCUT2D eigenvalue weighted by Crippen LogP contribution is -2.15. The third-order valence-electron chi connectivity index (χ3n) is 4.19. The highest BCUT2D eigenvalue weighted by atomic mass is 19.1. The maximum absolute atomic E-state index is 14.4. The highest BCUT2D eigenvalue weighted by Gasteiger charge is 2.13. The molecule has 0 spiro atoms. The number of anilines is 1. The third-order valence-corrected chi connectivity index (χ3v) is 4.19. The van der Waals surface area contributed by atoms with E-state index in [0.717, 1.165) is 17.1 Å². The Labute approximate surface area is 160 Å². The second-order valence-corrected chi connectivity index (χ2v) is 5.86. The Balaban J connectivity index is 1.71. The largest absolute Gasteiger partial charge is 0.331 e. The summed E-state index contributed by atoms with van der Waals surface area (Å²) in [5.74, 6) is -1.68. The standard InChI is InChI=1S/C20H16FN5O/c1-12-22-11-18(26(12)2)13-7-8-14-10-23-20(24-17(14)9-13)25-19(27)15-5-3-4-6-16(15)21/h3-11H,1-2H3,(H,23,24,25,27)/i3D,4D,5D,6D. The van der Waals surface area contributed by atoms with Crippen molar-refractivity contribution >= 4 is 22.8 Å². The summed E-state index contributed by atoms with van der Waals surface area (Å²) < 4.78 is 46.8. The van der Waals surface area contributed by atoms with E-state index in [1.54, 1.807) is 12.3 Å². The molecule has 0 atom stereocenters. The zero-order valence-corrected chi connectivity index (χ0v) is 14.5. The molecule has 27 heavy (non-hydrogen) atoms. The molecule has 2 aromatic heterocycles.